The monoisotopic (exact) mass is 275 g/mol. The highest BCUT2D eigenvalue weighted by Crippen LogP contribution is 2.24. The number of carbonyl (C=O) groups is 2. The minimum absolute atomic E-state index is 0.00966. The molecule has 20 heavy (non-hydrogen) atoms. The Hall–Kier alpha value is -1.88. The Labute approximate surface area is 119 Å². The summed E-state index contributed by atoms with van der Waals surface area (Å²) >= 11 is 0. The summed E-state index contributed by atoms with van der Waals surface area (Å²) in [5.41, 5.74) is 2.37. The summed E-state index contributed by atoms with van der Waals surface area (Å²) in [6.07, 6.45) is 2.34. The summed E-state index contributed by atoms with van der Waals surface area (Å²) in [4.78, 5) is 23.6. The molecule has 5 heteroatoms. The summed E-state index contributed by atoms with van der Waals surface area (Å²) < 4.78 is 0. The van der Waals surface area contributed by atoms with Crippen molar-refractivity contribution in [3.05, 3.63) is 23.8 Å². The standard InChI is InChI=1S/C15H21N3O2/c1-3-14(19)17-11-6-4-7-12(10(11)2)18-15(20)13-8-5-9-16-13/h4,6-7,13,16H,3,5,8-9H2,1-2H3,(H,17,19)(H,18,20). The number of nitrogens with one attached hydrogen (secondary N) is 3. The van der Waals surface area contributed by atoms with Gasteiger partial charge in [-0.3, -0.25) is 9.59 Å². The summed E-state index contributed by atoms with van der Waals surface area (Å²) in [5, 5.41) is 8.94. The van der Waals surface area contributed by atoms with Gasteiger partial charge in [-0.2, -0.15) is 0 Å². The van der Waals surface area contributed by atoms with Gasteiger partial charge < -0.3 is 16.0 Å². The van der Waals surface area contributed by atoms with E-state index in [0.717, 1.165) is 36.3 Å². The van der Waals surface area contributed by atoms with Crippen molar-refractivity contribution in [2.75, 3.05) is 17.2 Å². The average molecular weight is 275 g/mol. The van der Waals surface area contributed by atoms with Crippen LogP contribution in [0.25, 0.3) is 0 Å². The molecule has 1 atom stereocenters. The first kappa shape index (κ1) is 14.5. The number of rotatable bonds is 4. The van der Waals surface area contributed by atoms with E-state index in [1.54, 1.807) is 0 Å². The van der Waals surface area contributed by atoms with Crippen molar-refractivity contribution in [1.29, 1.82) is 0 Å². The molecule has 1 saturated heterocycles. The summed E-state index contributed by atoms with van der Waals surface area (Å²) in [5.74, 6) is -0.0430. The average Bonchev–Trinajstić information content (AvgIpc) is 2.97. The van der Waals surface area contributed by atoms with Crippen LogP contribution < -0.4 is 16.0 Å². The second kappa shape index (κ2) is 6.52. The zero-order valence-electron chi connectivity index (χ0n) is 12.0. The van der Waals surface area contributed by atoms with Gasteiger partial charge >= 0.3 is 0 Å². The van der Waals surface area contributed by atoms with Crippen molar-refractivity contribution < 1.29 is 9.59 Å². The van der Waals surface area contributed by atoms with Gasteiger partial charge in [0, 0.05) is 17.8 Å². The van der Waals surface area contributed by atoms with Crippen molar-refractivity contribution in [1.82, 2.24) is 5.32 Å². The predicted molar refractivity (Wildman–Crippen MR) is 79.8 cm³/mol. The first-order valence-corrected chi connectivity index (χ1v) is 7.05. The van der Waals surface area contributed by atoms with Gasteiger partial charge in [0.25, 0.3) is 0 Å². The van der Waals surface area contributed by atoms with E-state index >= 15 is 0 Å². The molecule has 1 heterocycles. The van der Waals surface area contributed by atoms with Crippen LogP contribution in [0.2, 0.25) is 0 Å². The minimum Gasteiger partial charge on any atom is -0.326 e. The summed E-state index contributed by atoms with van der Waals surface area (Å²) in [6, 6.07) is 5.41. The van der Waals surface area contributed by atoms with Crippen LogP contribution in [0.15, 0.2) is 18.2 Å². The lowest BCUT2D eigenvalue weighted by atomic mass is 10.1. The Kier molecular flexibility index (Phi) is 4.74. The molecule has 0 bridgehead atoms. The maximum atomic E-state index is 12.1. The van der Waals surface area contributed by atoms with Gasteiger partial charge in [-0.05, 0) is 44.0 Å². The molecule has 0 aromatic heterocycles. The van der Waals surface area contributed by atoms with E-state index < -0.39 is 0 Å². The summed E-state index contributed by atoms with van der Waals surface area (Å²) in [6.45, 7) is 4.59. The van der Waals surface area contributed by atoms with E-state index in [-0.39, 0.29) is 17.9 Å². The Morgan fingerprint density at radius 2 is 2.00 bits per heavy atom. The van der Waals surface area contributed by atoms with Gasteiger partial charge in [-0.1, -0.05) is 13.0 Å². The molecule has 3 N–H and O–H groups in total. The number of hydrogen-bond acceptors (Lipinski definition) is 3. The third-order valence-electron chi connectivity index (χ3n) is 3.56. The summed E-state index contributed by atoms with van der Waals surface area (Å²) in [7, 11) is 0. The second-order valence-corrected chi connectivity index (χ2v) is 5.02. The number of hydrogen-bond donors (Lipinski definition) is 3. The van der Waals surface area contributed by atoms with Crippen molar-refractivity contribution in [3.63, 3.8) is 0 Å². The minimum atomic E-state index is -0.108. The predicted octanol–water partition coefficient (Wildman–Crippen LogP) is 2.03. The molecule has 1 aliphatic heterocycles. The molecule has 1 aromatic rings. The number of carbonyl (C=O) groups excluding carboxylic acids is 2. The van der Waals surface area contributed by atoms with Crippen LogP contribution >= 0.6 is 0 Å². The van der Waals surface area contributed by atoms with Crippen LogP contribution in [0, 0.1) is 6.92 Å². The van der Waals surface area contributed by atoms with Crippen molar-refractivity contribution >= 4 is 23.2 Å². The third kappa shape index (κ3) is 3.36. The maximum Gasteiger partial charge on any atom is 0.241 e. The lowest BCUT2D eigenvalue weighted by Gasteiger charge is -2.15. The number of anilines is 2. The molecule has 1 unspecified atom stereocenters. The highest BCUT2D eigenvalue weighted by Gasteiger charge is 2.22. The molecule has 0 radical (unpaired) electrons. The third-order valence-corrected chi connectivity index (χ3v) is 3.56. The molecule has 2 rings (SSSR count). The molecule has 2 amide bonds. The van der Waals surface area contributed by atoms with Gasteiger partial charge in [0.1, 0.15) is 0 Å². The van der Waals surface area contributed by atoms with Gasteiger partial charge in [-0.15, -0.1) is 0 Å². The van der Waals surface area contributed by atoms with E-state index in [2.05, 4.69) is 16.0 Å². The topological polar surface area (TPSA) is 70.2 Å². The van der Waals surface area contributed by atoms with E-state index in [0.29, 0.717) is 6.42 Å². The maximum absolute atomic E-state index is 12.1. The van der Waals surface area contributed by atoms with Crippen LogP contribution in [-0.4, -0.2) is 24.4 Å². The van der Waals surface area contributed by atoms with E-state index in [1.165, 1.54) is 0 Å². The van der Waals surface area contributed by atoms with Crippen LogP contribution in [0.5, 0.6) is 0 Å². The van der Waals surface area contributed by atoms with E-state index in [1.807, 2.05) is 32.0 Å². The fourth-order valence-electron chi connectivity index (χ4n) is 2.27. The van der Waals surface area contributed by atoms with Crippen molar-refractivity contribution in [2.45, 2.75) is 39.2 Å². The molecule has 108 valence electrons. The molecule has 5 nitrogen and oxygen atoms in total. The van der Waals surface area contributed by atoms with Crippen LogP contribution in [0.1, 0.15) is 31.7 Å². The normalized spacial score (nSPS) is 17.8. The quantitative estimate of drug-likeness (QED) is 0.787. The first-order valence-electron chi connectivity index (χ1n) is 7.05. The van der Waals surface area contributed by atoms with E-state index in [9.17, 15) is 9.59 Å². The number of benzene rings is 1. The lowest BCUT2D eigenvalue weighted by molar-refractivity contribution is -0.118. The molecular weight excluding hydrogens is 254 g/mol. The van der Waals surface area contributed by atoms with E-state index in [4.69, 9.17) is 0 Å². The fraction of sp³-hybridized carbons (Fsp3) is 0.467. The largest absolute Gasteiger partial charge is 0.326 e. The van der Waals surface area contributed by atoms with Crippen LogP contribution in [0.3, 0.4) is 0 Å². The van der Waals surface area contributed by atoms with Gasteiger partial charge in [0.15, 0.2) is 0 Å². The first-order chi connectivity index (χ1) is 9.61. The second-order valence-electron chi connectivity index (χ2n) is 5.02. The fourth-order valence-corrected chi connectivity index (χ4v) is 2.27. The zero-order chi connectivity index (χ0) is 14.5. The van der Waals surface area contributed by atoms with Crippen LogP contribution in [-0.2, 0) is 9.59 Å². The Morgan fingerprint density at radius 1 is 1.30 bits per heavy atom. The smallest absolute Gasteiger partial charge is 0.241 e. The highest BCUT2D eigenvalue weighted by molar-refractivity contribution is 5.98. The van der Waals surface area contributed by atoms with Gasteiger partial charge in [-0.25, -0.2) is 0 Å². The van der Waals surface area contributed by atoms with Gasteiger partial charge in [0.05, 0.1) is 6.04 Å². The number of amides is 2. The van der Waals surface area contributed by atoms with Crippen LogP contribution in [0.4, 0.5) is 11.4 Å². The van der Waals surface area contributed by atoms with Crippen molar-refractivity contribution in [2.24, 2.45) is 0 Å². The SMILES string of the molecule is CCC(=O)Nc1cccc(NC(=O)C2CCCN2)c1C. The Bertz CT molecular complexity index is 508. The zero-order valence-corrected chi connectivity index (χ0v) is 12.0. The molecule has 1 aromatic carbocycles. The molecule has 0 saturated carbocycles. The molecule has 0 spiro atoms. The van der Waals surface area contributed by atoms with Gasteiger partial charge in [0.2, 0.25) is 11.8 Å². The molecular formula is C15H21N3O2. The highest BCUT2D eigenvalue weighted by atomic mass is 16.2. The van der Waals surface area contributed by atoms with Crippen molar-refractivity contribution in [3.8, 4) is 0 Å². The molecule has 0 aliphatic carbocycles. The molecule has 1 aliphatic rings. The lowest BCUT2D eigenvalue weighted by Crippen LogP contribution is -2.35. The Morgan fingerprint density at radius 3 is 2.60 bits per heavy atom. The Balaban J connectivity index is 2.09. The molecule has 1 fully saturated rings.